The minimum atomic E-state index is -0.463. The van der Waals surface area contributed by atoms with E-state index in [9.17, 15) is 9.18 Å². The Hall–Kier alpha value is -2.76. The van der Waals surface area contributed by atoms with Crippen LogP contribution >= 0.6 is 0 Å². The number of methoxy groups -OCH3 is 1. The van der Waals surface area contributed by atoms with Crippen LogP contribution in [0.5, 0.6) is 5.75 Å². The van der Waals surface area contributed by atoms with Gasteiger partial charge in [-0.05, 0) is 36.8 Å². The van der Waals surface area contributed by atoms with Crippen LogP contribution in [0.3, 0.4) is 0 Å². The Morgan fingerprint density at radius 3 is 2.82 bits per heavy atom. The highest BCUT2D eigenvalue weighted by Gasteiger charge is 2.14. The number of halogens is 1. The number of hydrogen-bond acceptors (Lipinski definition) is 4. The number of nitrogens with zero attached hydrogens (tertiary/aromatic N) is 3. The van der Waals surface area contributed by atoms with Gasteiger partial charge < -0.3 is 4.74 Å². The molecule has 3 aromatic rings. The number of pyridine rings is 1. The fourth-order valence-corrected chi connectivity index (χ4v) is 2.35. The van der Waals surface area contributed by atoms with Gasteiger partial charge in [0.1, 0.15) is 6.33 Å². The smallest absolute Gasteiger partial charge is 0.263 e. The maximum atomic E-state index is 13.8. The molecule has 0 saturated heterocycles. The minimum absolute atomic E-state index is 0.170. The van der Waals surface area contributed by atoms with Crippen LogP contribution < -0.4 is 10.3 Å². The summed E-state index contributed by atoms with van der Waals surface area (Å²) in [5.74, 6) is -0.292. The minimum Gasteiger partial charge on any atom is -0.494 e. The maximum absolute atomic E-state index is 13.8. The van der Waals surface area contributed by atoms with Crippen molar-refractivity contribution in [2.45, 2.75) is 13.0 Å². The summed E-state index contributed by atoms with van der Waals surface area (Å²) < 4.78 is 20.2. The van der Waals surface area contributed by atoms with Gasteiger partial charge in [-0.25, -0.2) is 14.4 Å². The van der Waals surface area contributed by atoms with Gasteiger partial charge in [0.25, 0.3) is 5.56 Å². The van der Waals surface area contributed by atoms with Gasteiger partial charge >= 0.3 is 0 Å². The van der Waals surface area contributed by atoms with Gasteiger partial charge in [-0.1, -0.05) is 6.07 Å². The lowest BCUT2D eigenvalue weighted by Gasteiger charge is -2.16. The quantitative estimate of drug-likeness (QED) is 0.746. The Morgan fingerprint density at radius 2 is 2.09 bits per heavy atom. The molecule has 0 amide bonds. The Kier molecular flexibility index (Phi) is 3.58. The van der Waals surface area contributed by atoms with Crippen LogP contribution in [0.4, 0.5) is 4.39 Å². The molecule has 0 fully saturated rings. The van der Waals surface area contributed by atoms with Crippen molar-refractivity contribution in [1.82, 2.24) is 14.5 Å². The first-order chi connectivity index (χ1) is 10.6. The molecule has 0 aliphatic rings. The van der Waals surface area contributed by atoms with Crippen molar-refractivity contribution < 1.29 is 9.13 Å². The van der Waals surface area contributed by atoms with E-state index in [0.717, 1.165) is 0 Å². The average molecular weight is 299 g/mol. The number of hydrogen-bond donors (Lipinski definition) is 0. The number of aromatic nitrogens is 3. The van der Waals surface area contributed by atoms with Crippen molar-refractivity contribution in [2.24, 2.45) is 0 Å². The standard InChI is InChI=1S/C16H14FN3O2/c1-10(11-5-6-14(22-2)13(17)8-11)20-9-19-15-12(16(20)21)4-3-7-18-15/h3-10H,1-2H3. The lowest BCUT2D eigenvalue weighted by molar-refractivity contribution is 0.385. The van der Waals surface area contributed by atoms with Gasteiger partial charge in [0, 0.05) is 6.20 Å². The first-order valence-electron chi connectivity index (χ1n) is 6.77. The van der Waals surface area contributed by atoms with Crippen LogP contribution in [-0.2, 0) is 0 Å². The number of benzene rings is 1. The van der Waals surface area contributed by atoms with Crippen molar-refractivity contribution in [3.63, 3.8) is 0 Å². The van der Waals surface area contributed by atoms with E-state index >= 15 is 0 Å². The van der Waals surface area contributed by atoms with Gasteiger partial charge in [0.2, 0.25) is 0 Å². The monoisotopic (exact) mass is 299 g/mol. The molecule has 0 N–H and O–H groups in total. The molecule has 112 valence electrons. The van der Waals surface area contributed by atoms with Crippen LogP contribution in [0, 0.1) is 5.82 Å². The molecule has 1 atom stereocenters. The van der Waals surface area contributed by atoms with Crippen molar-refractivity contribution in [2.75, 3.05) is 7.11 Å². The second kappa shape index (κ2) is 5.55. The van der Waals surface area contributed by atoms with Gasteiger partial charge in [-0.15, -0.1) is 0 Å². The van der Waals surface area contributed by atoms with Crippen LogP contribution in [-0.4, -0.2) is 21.6 Å². The molecular weight excluding hydrogens is 285 g/mol. The predicted molar refractivity (Wildman–Crippen MR) is 80.6 cm³/mol. The molecule has 0 bridgehead atoms. The topological polar surface area (TPSA) is 57.0 Å². The Labute approximate surface area is 126 Å². The van der Waals surface area contributed by atoms with Gasteiger partial charge in [-0.3, -0.25) is 9.36 Å². The summed E-state index contributed by atoms with van der Waals surface area (Å²) in [6.45, 7) is 1.81. The molecule has 0 radical (unpaired) electrons. The van der Waals surface area contributed by atoms with E-state index in [1.165, 1.54) is 24.1 Å². The average Bonchev–Trinajstić information content (AvgIpc) is 2.55. The summed E-state index contributed by atoms with van der Waals surface area (Å²) in [5.41, 5.74) is 0.851. The summed E-state index contributed by atoms with van der Waals surface area (Å²) in [4.78, 5) is 20.7. The van der Waals surface area contributed by atoms with E-state index < -0.39 is 5.82 Å². The molecule has 5 nitrogen and oxygen atoms in total. The fourth-order valence-electron chi connectivity index (χ4n) is 2.35. The summed E-state index contributed by atoms with van der Waals surface area (Å²) in [6, 6.07) is 7.64. The summed E-state index contributed by atoms with van der Waals surface area (Å²) in [7, 11) is 1.41. The molecule has 2 heterocycles. The largest absolute Gasteiger partial charge is 0.494 e. The summed E-state index contributed by atoms with van der Waals surface area (Å²) in [6.07, 6.45) is 3.02. The molecule has 1 unspecified atom stereocenters. The molecular formula is C16H14FN3O2. The molecule has 2 aromatic heterocycles. The first kappa shape index (κ1) is 14.2. The number of ether oxygens (including phenoxy) is 1. The van der Waals surface area contributed by atoms with Crippen molar-refractivity contribution >= 4 is 11.0 Å². The Balaban J connectivity index is 2.09. The van der Waals surface area contributed by atoms with Crippen molar-refractivity contribution in [3.8, 4) is 5.75 Å². The highest BCUT2D eigenvalue weighted by atomic mass is 19.1. The van der Waals surface area contributed by atoms with E-state index in [0.29, 0.717) is 16.6 Å². The SMILES string of the molecule is COc1ccc(C(C)n2cnc3ncccc3c2=O)cc1F. The third-order valence-corrected chi connectivity index (χ3v) is 3.63. The molecule has 0 spiro atoms. The molecule has 3 rings (SSSR count). The second-order valence-corrected chi connectivity index (χ2v) is 4.90. The summed E-state index contributed by atoms with van der Waals surface area (Å²) >= 11 is 0. The Morgan fingerprint density at radius 1 is 1.27 bits per heavy atom. The molecule has 22 heavy (non-hydrogen) atoms. The second-order valence-electron chi connectivity index (χ2n) is 4.90. The van der Waals surface area contributed by atoms with E-state index in [2.05, 4.69) is 9.97 Å². The van der Waals surface area contributed by atoms with Crippen LogP contribution in [0.25, 0.3) is 11.0 Å². The maximum Gasteiger partial charge on any atom is 0.263 e. The number of rotatable bonds is 3. The Bertz CT molecular complexity index is 892. The zero-order valence-electron chi connectivity index (χ0n) is 12.2. The summed E-state index contributed by atoms with van der Waals surface area (Å²) in [5, 5.41) is 0.436. The van der Waals surface area contributed by atoms with Crippen molar-refractivity contribution in [1.29, 1.82) is 0 Å². The fraction of sp³-hybridized carbons (Fsp3) is 0.188. The molecule has 0 saturated carbocycles. The normalized spacial score (nSPS) is 12.3. The van der Waals surface area contributed by atoms with E-state index in [4.69, 9.17) is 4.74 Å². The molecule has 6 heteroatoms. The van der Waals surface area contributed by atoms with Crippen LogP contribution in [0.15, 0.2) is 47.7 Å². The lowest BCUT2D eigenvalue weighted by atomic mass is 10.1. The predicted octanol–water partition coefficient (Wildman–Crippen LogP) is 2.55. The molecule has 0 aliphatic heterocycles. The van der Waals surface area contributed by atoms with Crippen LogP contribution in [0.2, 0.25) is 0 Å². The molecule has 0 aliphatic carbocycles. The number of fused-ring (bicyclic) bond motifs is 1. The van der Waals surface area contributed by atoms with Gasteiger partial charge in [-0.2, -0.15) is 0 Å². The highest BCUT2D eigenvalue weighted by Crippen LogP contribution is 2.23. The van der Waals surface area contributed by atoms with Crippen molar-refractivity contribution in [3.05, 3.63) is 64.6 Å². The van der Waals surface area contributed by atoms with Gasteiger partial charge in [0.05, 0.1) is 18.5 Å². The zero-order chi connectivity index (χ0) is 15.7. The zero-order valence-corrected chi connectivity index (χ0v) is 12.2. The van der Waals surface area contributed by atoms with E-state index in [-0.39, 0.29) is 17.4 Å². The first-order valence-corrected chi connectivity index (χ1v) is 6.77. The highest BCUT2D eigenvalue weighted by molar-refractivity contribution is 5.72. The lowest BCUT2D eigenvalue weighted by Crippen LogP contribution is -2.24. The molecule has 1 aromatic carbocycles. The van der Waals surface area contributed by atoms with E-state index in [1.54, 1.807) is 30.5 Å². The van der Waals surface area contributed by atoms with Gasteiger partial charge in [0.15, 0.2) is 17.2 Å². The van der Waals surface area contributed by atoms with Crippen LogP contribution in [0.1, 0.15) is 18.5 Å². The third kappa shape index (κ3) is 2.32. The third-order valence-electron chi connectivity index (χ3n) is 3.63. The van der Waals surface area contributed by atoms with E-state index in [1.807, 2.05) is 6.92 Å².